The fourth-order valence-corrected chi connectivity index (χ4v) is 2.91. The van der Waals surface area contributed by atoms with E-state index in [-0.39, 0.29) is 21.8 Å². The Balaban J connectivity index is 1.76. The first kappa shape index (κ1) is 19.5. The fourth-order valence-electron chi connectivity index (χ4n) is 2.65. The zero-order valence-corrected chi connectivity index (χ0v) is 15.2. The van der Waals surface area contributed by atoms with Crippen molar-refractivity contribution in [1.29, 1.82) is 0 Å². The molecule has 25 heavy (non-hydrogen) atoms. The second kappa shape index (κ2) is 9.01. The summed E-state index contributed by atoms with van der Waals surface area (Å²) in [5, 5.41) is 5.08. The van der Waals surface area contributed by atoms with Crippen LogP contribution in [0.3, 0.4) is 0 Å². The maximum absolute atomic E-state index is 11.8. The number of halogens is 2. The van der Waals surface area contributed by atoms with Gasteiger partial charge in [-0.3, -0.25) is 10.1 Å². The molecule has 1 saturated carbocycles. The quantitative estimate of drug-likeness (QED) is 0.611. The van der Waals surface area contributed by atoms with Crippen molar-refractivity contribution in [2.45, 2.75) is 38.6 Å². The van der Waals surface area contributed by atoms with Crippen LogP contribution in [-0.2, 0) is 9.53 Å². The number of imide groups is 1. The molecule has 1 heterocycles. The van der Waals surface area contributed by atoms with Gasteiger partial charge in [0.2, 0.25) is 0 Å². The molecule has 2 atom stereocenters. The highest BCUT2D eigenvalue weighted by Gasteiger charge is 2.23. The second-order valence-electron chi connectivity index (χ2n) is 5.96. The average molecular weight is 388 g/mol. The van der Waals surface area contributed by atoms with Gasteiger partial charge in [0.25, 0.3) is 5.91 Å². The first-order chi connectivity index (χ1) is 11.9. The second-order valence-corrected chi connectivity index (χ2v) is 6.73. The third-order valence-corrected chi connectivity index (χ3v) is 4.73. The highest BCUT2D eigenvalue weighted by atomic mass is 35.5. The standard InChI is InChI=1S/C16H19Cl2N3O4/c1-9-4-2-3-5-12(9)20-16(24)21-13(22)8-25-15(23)10-6-11(17)14(18)19-7-10/h6-7,9,12H,2-5,8H2,1H3,(H2,20,21,22,24)/t9-,12+/m1/s1. The van der Waals surface area contributed by atoms with Crippen molar-refractivity contribution < 1.29 is 19.1 Å². The van der Waals surface area contributed by atoms with Gasteiger partial charge in [0.15, 0.2) is 6.61 Å². The number of aromatic nitrogens is 1. The lowest BCUT2D eigenvalue weighted by Crippen LogP contribution is -2.48. The number of amides is 3. The molecule has 7 nitrogen and oxygen atoms in total. The normalized spacial score (nSPS) is 19.8. The number of esters is 1. The summed E-state index contributed by atoms with van der Waals surface area (Å²) in [6, 6.07) is 0.747. The van der Waals surface area contributed by atoms with Crippen LogP contribution in [-0.4, -0.2) is 35.5 Å². The van der Waals surface area contributed by atoms with Crippen molar-refractivity contribution in [1.82, 2.24) is 15.6 Å². The van der Waals surface area contributed by atoms with Crippen LogP contribution in [0.1, 0.15) is 43.0 Å². The largest absolute Gasteiger partial charge is 0.452 e. The van der Waals surface area contributed by atoms with Crippen LogP contribution in [0.15, 0.2) is 12.3 Å². The topological polar surface area (TPSA) is 97.4 Å². The summed E-state index contributed by atoms with van der Waals surface area (Å²) in [5.41, 5.74) is 0.0580. The number of carbonyl (C=O) groups excluding carboxylic acids is 3. The number of hydrogen-bond acceptors (Lipinski definition) is 5. The van der Waals surface area contributed by atoms with Crippen molar-refractivity contribution >= 4 is 41.1 Å². The monoisotopic (exact) mass is 387 g/mol. The molecule has 0 unspecified atom stereocenters. The Labute approximate surface area is 155 Å². The Hall–Kier alpha value is -1.86. The lowest BCUT2D eigenvalue weighted by molar-refractivity contribution is -0.123. The maximum atomic E-state index is 11.8. The van der Waals surface area contributed by atoms with Gasteiger partial charge in [-0.25, -0.2) is 14.6 Å². The van der Waals surface area contributed by atoms with E-state index in [9.17, 15) is 14.4 Å². The smallest absolute Gasteiger partial charge is 0.340 e. The molecular weight excluding hydrogens is 369 g/mol. The molecule has 0 bridgehead atoms. The Morgan fingerprint density at radius 1 is 1.28 bits per heavy atom. The van der Waals surface area contributed by atoms with Gasteiger partial charge in [0, 0.05) is 12.2 Å². The predicted molar refractivity (Wildman–Crippen MR) is 92.6 cm³/mol. The number of rotatable bonds is 4. The molecule has 1 fully saturated rings. The van der Waals surface area contributed by atoms with Gasteiger partial charge in [0.05, 0.1) is 10.6 Å². The maximum Gasteiger partial charge on any atom is 0.340 e. The average Bonchev–Trinajstić information content (AvgIpc) is 2.57. The first-order valence-electron chi connectivity index (χ1n) is 7.95. The van der Waals surface area contributed by atoms with Crippen LogP contribution >= 0.6 is 23.2 Å². The van der Waals surface area contributed by atoms with E-state index >= 15 is 0 Å². The first-order valence-corrected chi connectivity index (χ1v) is 8.71. The Bertz CT molecular complexity index is 669. The van der Waals surface area contributed by atoms with E-state index in [2.05, 4.69) is 22.5 Å². The molecule has 2 N–H and O–H groups in total. The summed E-state index contributed by atoms with van der Waals surface area (Å²) in [4.78, 5) is 39.1. The number of urea groups is 1. The summed E-state index contributed by atoms with van der Waals surface area (Å²) < 4.78 is 4.82. The van der Waals surface area contributed by atoms with Crippen LogP contribution < -0.4 is 10.6 Å². The minimum Gasteiger partial charge on any atom is -0.452 e. The summed E-state index contributed by atoms with van der Waals surface area (Å²) in [6.45, 7) is 1.48. The fraction of sp³-hybridized carbons (Fsp3) is 0.500. The minimum atomic E-state index is -0.789. The molecule has 3 amide bonds. The summed E-state index contributed by atoms with van der Waals surface area (Å²) in [7, 11) is 0. The molecule has 136 valence electrons. The highest BCUT2D eigenvalue weighted by molar-refractivity contribution is 6.41. The Morgan fingerprint density at radius 3 is 2.68 bits per heavy atom. The van der Waals surface area contributed by atoms with E-state index in [0.717, 1.165) is 25.7 Å². The molecule has 0 saturated heterocycles. The molecular formula is C16H19Cl2N3O4. The van der Waals surface area contributed by atoms with Crippen LogP contribution in [0.4, 0.5) is 4.79 Å². The van der Waals surface area contributed by atoms with Crippen LogP contribution in [0.25, 0.3) is 0 Å². The van der Waals surface area contributed by atoms with Crippen LogP contribution in [0.2, 0.25) is 10.2 Å². The van der Waals surface area contributed by atoms with Crippen LogP contribution in [0.5, 0.6) is 0 Å². The summed E-state index contributed by atoms with van der Waals surface area (Å²) in [6.07, 6.45) is 5.33. The SMILES string of the molecule is C[C@@H]1CCCC[C@@H]1NC(=O)NC(=O)COC(=O)c1cnc(Cl)c(Cl)c1. The molecule has 1 aromatic heterocycles. The number of ether oxygens (including phenoxy) is 1. The molecule has 9 heteroatoms. The van der Waals surface area contributed by atoms with E-state index in [0.29, 0.717) is 5.92 Å². The van der Waals surface area contributed by atoms with Crippen molar-refractivity contribution in [2.75, 3.05) is 6.61 Å². The van der Waals surface area contributed by atoms with Crippen molar-refractivity contribution in [2.24, 2.45) is 5.92 Å². The predicted octanol–water partition coefficient (Wildman–Crippen LogP) is 2.95. The van der Waals surface area contributed by atoms with E-state index < -0.39 is 24.5 Å². The zero-order chi connectivity index (χ0) is 18.4. The summed E-state index contributed by atoms with van der Waals surface area (Å²) >= 11 is 11.4. The van der Waals surface area contributed by atoms with Gasteiger partial charge in [-0.2, -0.15) is 0 Å². The van der Waals surface area contributed by atoms with Gasteiger partial charge in [0.1, 0.15) is 5.15 Å². The Morgan fingerprint density at radius 2 is 2.00 bits per heavy atom. The lowest BCUT2D eigenvalue weighted by Gasteiger charge is -2.29. The van der Waals surface area contributed by atoms with Gasteiger partial charge in [-0.05, 0) is 24.8 Å². The van der Waals surface area contributed by atoms with Crippen molar-refractivity contribution in [3.05, 3.63) is 28.0 Å². The van der Waals surface area contributed by atoms with E-state index in [4.69, 9.17) is 27.9 Å². The van der Waals surface area contributed by atoms with Crippen LogP contribution in [0, 0.1) is 5.92 Å². The van der Waals surface area contributed by atoms with Crippen molar-refractivity contribution in [3.63, 3.8) is 0 Å². The molecule has 2 rings (SSSR count). The van der Waals surface area contributed by atoms with Gasteiger partial charge >= 0.3 is 12.0 Å². The third-order valence-electron chi connectivity index (χ3n) is 4.05. The number of nitrogens with one attached hydrogen (secondary N) is 2. The summed E-state index contributed by atoms with van der Waals surface area (Å²) in [5.74, 6) is -1.14. The molecule has 0 radical (unpaired) electrons. The number of hydrogen-bond donors (Lipinski definition) is 2. The highest BCUT2D eigenvalue weighted by Crippen LogP contribution is 2.23. The van der Waals surface area contributed by atoms with E-state index in [1.54, 1.807) is 0 Å². The minimum absolute atomic E-state index is 0.0476. The molecule has 0 aliphatic heterocycles. The third kappa shape index (κ3) is 5.86. The number of pyridine rings is 1. The van der Waals surface area contributed by atoms with Crippen molar-refractivity contribution in [3.8, 4) is 0 Å². The number of carbonyl (C=O) groups is 3. The van der Waals surface area contributed by atoms with Gasteiger partial charge in [-0.1, -0.05) is 43.0 Å². The molecule has 1 aromatic rings. The van der Waals surface area contributed by atoms with Gasteiger partial charge < -0.3 is 10.1 Å². The molecule has 1 aliphatic rings. The van der Waals surface area contributed by atoms with Gasteiger partial charge in [-0.15, -0.1) is 0 Å². The molecule has 1 aliphatic carbocycles. The molecule has 0 aromatic carbocycles. The zero-order valence-electron chi connectivity index (χ0n) is 13.7. The lowest BCUT2D eigenvalue weighted by atomic mass is 9.86. The number of nitrogens with zero attached hydrogens (tertiary/aromatic N) is 1. The Kier molecular flexibility index (Phi) is 7.01. The molecule has 0 spiro atoms. The van der Waals surface area contributed by atoms with E-state index in [1.807, 2.05) is 0 Å². The van der Waals surface area contributed by atoms with E-state index in [1.165, 1.54) is 12.3 Å².